The van der Waals surface area contributed by atoms with Gasteiger partial charge in [0, 0.05) is 19.6 Å². The average Bonchev–Trinajstić information content (AvgIpc) is 2.44. The number of carbonyl (C=O) groups excluding carboxylic acids is 1. The minimum Gasteiger partial charge on any atom is -0.378 e. The van der Waals surface area contributed by atoms with E-state index in [1.165, 1.54) is 19.3 Å². The highest BCUT2D eigenvalue weighted by atomic mass is 16.5. The van der Waals surface area contributed by atoms with Crippen molar-refractivity contribution in [3.8, 4) is 0 Å². The number of nitrogens with one attached hydrogen (secondary N) is 2. The van der Waals surface area contributed by atoms with Crippen LogP contribution in [0.25, 0.3) is 0 Å². The molecule has 1 aliphatic heterocycles. The number of rotatable bonds is 10. The van der Waals surface area contributed by atoms with Crippen molar-refractivity contribution in [2.45, 2.75) is 64.4 Å². The standard InChI is InChI=1S/C15H30N2O2/c1-2-3-4-5-7-15(18)17-10-6-13-19-14-8-11-16-12-9-14/h14,16H,2-13H2,1H3,(H,17,18). The van der Waals surface area contributed by atoms with Crippen LogP contribution in [0.3, 0.4) is 0 Å². The number of unbranched alkanes of at least 4 members (excludes halogenated alkanes) is 3. The molecule has 1 aliphatic rings. The van der Waals surface area contributed by atoms with E-state index < -0.39 is 0 Å². The molecule has 0 aromatic carbocycles. The summed E-state index contributed by atoms with van der Waals surface area (Å²) < 4.78 is 5.79. The molecular formula is C15H30N2O2. The van der Waals surface area contributed by atoms with Gasteiger partial charge in [0.15, 0.2) is 0 Å². The third-order valence-corrected chi connectivity index (χ3v) is 3.54. The van der Waals surface area contributed by atoms with Crippen molar-refractivity contribution in [3.63, 3.8) is 0 Å². The summed E-state index contributed by atoms with van der Waals surface area (Å²) in [4.78, 5) is 11.5. The molecule has 4 nitrogen and oxygen atoms in total. The number of ether oxygens (including phenoxy) is 1. The first-order valence-electron chi connectivity index (χ1n) is 7.92. The van der Waals surface area contributed by atoms with Crippen LogP contribution in [0.5, 0.6) is 0 Å². The van der Waals surface area contributed by atoms with E-state index in [9.17, 15) is 4.79 Å². The molecule has 0 aromatic heterocycles. The highest BCUT2D eigenvalue weighted by Gasteiger charge is 2.12. The van der Waals surface area contributed by atoms with Crippen molar-refractivity contribution in [3.05, 3.63) is 0 Å². The van der Waals surface area contributed by atoms with Crippen molar-refractivity contribution < 1.29 is 9.53 Å². The Hall–Kier alpha value is -0.610. The minimum absolute atomic E-state index is 0.193. The number of carbonyl (C=O) groups is 1. The van der Waals surface area contributed by atoms with Gasteiger partial charge in [-0.3, -0.25) is 4.79 Å². The molecular weight excluding hydrogens is 240 g/mol. The van der Waals surface area contributed by atoms with Crippen molar-refractivity contribution in [1.29, 1.82) is 0 Å². The number of hydrogen-bond acceptors (Lipinski definition) is 3. The second kappa shape index (κ2) is 11.2. The third kappa shape index (κ3) is 9.00. The maximum absolute atomic E-state index is 11.5. The number of hydrogen-bond donors (Lipinski definition) is 2. The fraction of sp³-hybridized carbons (Fsp3) is 0.933. The zero-order valence-electron chi connectivity index (χ0n) is 12.4. The minimum atomic E-state index is 0.193. The monoisotopic (exact) mass is 270 g/mol. The Kier molecular flexibility index (Phi) is 9.72. The van der Waals surface area contributed by atoms with Gasteiger partial charge < -0.3 is 15.4 Å². The molecule has 2 N–H and O–H groups in total. The maximum Gasteiger partial charge on any atom is 0.219 e. The predicted octanol–water partition coefficient (Wildman–Crippen LogP) is 2.23. The molecule has 112 valence electrons. The summed E-state index contributed by atoms with van der Waals surface area (Å²) in [6.45, 7) is 5.83. The lowest BCUT2D eigenvalue weighted by atomic mass is 10.1. The number of piperidine rings is 1. The van der Waals surface area contributed by atoms with Crippen LogP contribution in [-0.2, 0) is 9.53 Å². The summed E-state index contributed by atoms with van der Waals surface area (Å²) in [5.41, 5.74) is 0. The van der Waals surface area contributed by atoms with E-state index >= 15 is 0 Å². The predicted molar refractivity (Wildman–Crippen MR) is 78.2 cm³/mol. The van der Waals surface area contributed by atoms with Gasteiger partial charge in [-0.25, -0.2) is 0 Å². The second-order valence-corrected chi connectivity index (χ2v) is 5.33. The van der Waals surface area contributed by atoms with E-state index in [2.05, 4.69) is 17.6 Å². The Balaban J connectivity index is 1.85. The maximum atomic E-state index is 11.5. The summed E-state index contributed by atoms with van der Waals surface area (Å²) in [5, 5.41) is 6.29. The summed E-state index contributed by atoms with van der Waals surface area (Å²) in [6, 6.07) is 0. The molecule has 1 amide bonds. The van der Waals surface area contributed by atoms with Crippen LogP contribution in [0, 0.1) is 0 Å². The van der Waals surface area contributed by atoms with Crippen LogP contribution in [0.2, 0.25) is 0 Å². The van der Waals surface area contributed by atoms with Gasteiger partial charge in [-0.1, -0.05) is 26.2 Å². The van der Waals surface area contributed by atoms with E-state index in [4.69, 9.17) is 4.74 Å². The lowest BCUT2D eigenvalue weighted by Gasteiger charge is -2.22. The Morgan fingerprint density at radius 3 is 2.74 bits per heavy atom. The van der Waals surface area contributed by atoms with Crippen molar-refractivity contribution in [2.75, 3.05) is 26.2 Å². The van der Waals surface area contributed by atoms with E-state index in [0.717, 1.165) is 51.9 Å². The quantitative estimate of drug-likeness (QED) is 0.599. The first-order chi connectivity index (χ1) is 9.33. The van der Waals surface area contributed by atoms with Gasteiger partial charge in [-0.2, -0.15) is 0 Å². The molecule has 1 fully saturated rings. The van der Waals surface area contributed by atoms with Gasteiger partial charge >= 0.3 is 0 Å². The summed E-state index contributed by atoms with van der Waals surface area (Å²) in [6.07, 6.45) is 8.89. The van der Waals surface area contributed by atoms with Gasteiger partial charge in [-0.15, -0.1) is 0 Å². The molecule has 0 saturated carbocycles. The molecule has 0 spiro atoms. The van der Waals surface area contributed by atoms with Crippen LogP contribution in [0.1, 0.15) is 58.3 Å². The van der Waals surface area contributed by atoms with E-state index in [0.29, 0.717) is 12.5 Å². The van der Waals surface area contributed by atoms with E-state index in [-0.39, 0.29) is 5.91 Å². The first kappa shape index (κ1) is 16.4. The first-order valence-corrected chi connectivity index (χ1v) is 7.92. The van der Waals surface area contributed by atoms with Crippen LogP contribution in [0.4, 0.5) is 0 Å². The lowest BCUT2D eigenvalue weighted by Crippen LogP contribution is -2.33. The largest absolute Gasteiger partial charge is 0.378 e. The van der Waals surface area contributed by atoms with Crippen LogP contribution in [0.15, 0.2) is 0 Å². The second-order valence-electron chi connectivity index (χ2n) is 5.33. The summed E-state index contributed by atoms with van der Waals surface area (Å²) in [7, 11) is 0. The molecule has 1 saturated heterocycles. The molecule has 1 rings (SSSR count). The molecule has 0 bridgehead atoms. The highest BCUT2D eigenvalue weighted by Crippen LogP contribution is 2.07. The van der Waals surface area contributed by atoms with Crippen LogP contribution < -0.4 is 10.6 Å². The molecule has 0 aromatic rings. The zero-order chi connectivity index (χ0) is 13.8. The van der Waals surface area contributed by atoms with Gasteiger partial charge in [0.05, 0.1) is 6.10 Å². The van der Waals surface area contributed by atoms with Gasteiger partial charge in [0.25, 0.3) is 0 Å². The molecule has 0 aliphatic carbocycles. The molecule has 4 heteroatoms. The molecule has 19 heavy (non-hydrogen) atoms. The van der Waals surface area contributed by atoms with Crippen molar-refractivity contribution in [2.24, 2.45) is 0 Å². The Labute approximate surface area is 117 Å². The Morgan fingerprint density at radius 1 is 1.21 bits per heavy atom. The topological polar surface area (TPSA) is 50.4 Å². The molecule has 0 atom stereocenters. The zero-order valence-corrected chi connectivity index (χ0v) is 12.4. The summed E-state index contributed by atoms with van der Waals surface area (Å²) >= 11 is 0. The van der Waals surface area contributed by atoms with Gasteiger partial charge in [0.1, 0.15) is 0 Å². The molecule has 0 unspecified atom stereocenters. The van der Waals surface area contributed by atoms with Crippen molar-refractivity contribution >= 4 is 5.91 Å². The van der Waals surface area contributed by atoms with Gasteiger partial charge in [-0.05, 0) is 38.8 Å². The summed E-state index contributed by atoms with van der Waals surface area (Å²) in [5.74, 6) is 0.193. The van der Waals surface area contributed by atoms with E-state index in [1.807, 2.05) is 0 Å². The fourth-order valence-electron chi connectivity index (χ4n) is 2.31. The van der Waals surface area contributed by atoms with Crippen LogP contribution in [-0.4, -0.2) is 38.3 Å². The Bertz CT molecular complexity index is 228. The fourth-order valence-corrected chi connectivity index (χ4v) is 2.31. The van der Waals surface area contributed by atoms with E-state index in [1.54, 1.807) is 0 Å². The third-order valence-electron chi connectivity index (χ3n) is 3.54. The SMILES string of the molecule is CCCCCCC(=O)NCCCOC1CCNCC1. The van der Waals surface area contributed by atoms with Crippen molar-refractivity contribution in [1.82, 2.24) is 10.6 Å². The van der Waals surface area contributed by atoms with Gasteiger partial charge in [0.2, 0.25) is 5.91 Å². The molecule has 0 radical (unpaired) electrons. The number of amides is 1. The molecule has 1 heterocycles. The van der Waals surface area contributed by atoms with Crippen LogP contribution >= 0.6 is 0 Å². The smallest absolute Gasteiger partial charge is 0.219 e. The normalized spacial score (nSPS) is 16.5. The lowest BCUT2D eigenvalue weighted by molar-refractivity contribution is -0.121. The highest BCUT2D eigenvalue weighted by molar-refractivity contribution is 5.75. The average molecular weight is 270 g/mol. The Morgan fingerprint density at radius 2 is 2.00 bits per heavy atom.